The third-order valence-electron chi connectivity index (χ3n) is 0.316. The van der Waals surface area contributed by atoms with E-state index >= 15 is 0 Å². The van der Waals surface area contributed by atoms with Crippen molar-refractivity contribution in [3.8, 4) is 0 Å². The first-order valence-electron chi connectivity index (χ1n) is 1.63. The van der Waals surface area contributed by atoms with Gasteiger partial charge in [-0.1, -0.05) is 0 Å². The molecule has 0 bridgehead atoms. The Balaban J connectivity index is -0.0000000133. The minimum atomic E-state index is 0. The zero-order valence-corrected chi connectivity index (χ0v) is 6.80. The molecular weight excluding hydrogens is 114 g/mol. The van der Waals surface area contributed by atoms with Crippen molar-refractivity contribution < 1.29 is 40.6 Å². The van der Waals surface area contributed by atoms with Gasteiger partial charge >= 0.3 is 37.7 Å². The van der Waals surface area contributed by atoms with E-state index in [2.05, 4.69) is 25.3 Å². The van der Waals surface area contributed by atoms with E-state index in [-0.39, 0.29) is 40.6 Å². The van der Waals surface area contributed by atoms with Crippen LogP contribution in [0.1, 0.15) is 9.27 Å². The van der Waals surface area contributed by atoms with Crippen molar-refractivity contribution >= 4 is 25.3 Å². The summed E-state index contributed by atoms with van der Waals surface area (Å²) < 4.78 is 0. The summed E-state index contributed by atoms with van der Waals surface area (Å²) in [6, 6.07) is 0. The quantitative estimate of drug-likeness (QED) is 0.269. The molecule has 0 N–H and O–H groups in total. The second kappa shape index (κ2) is 15.7. The van der Waals surface area contributed by atoms with E-state index in [1.54, 1.807) is 0 Å². The van der Waals surface area contributed by atoms with Crippen molar-refractivity contribution in [2.75, 3.05) is 11.5 Å². The smallest absolute Gasteiger partial charge is 1.00 e. The SMILES string of the molecule is SCCCS.[H-].[H-].[Li+].[Li+]. The summed E-state index contributed by atoms with van der Waals surface area (Å²) in [6.45, 7) is 0. The van der Waals surface area contributed by atoms with Gasteiger partial charge < -0.3 is 2.85 Å². The molecule has 0 nitrogen and oxygen atoms in total. The van der Waals surface area contributed by atoms with Crippen LogP contribution in [-0.4, -0.2) is 11.5 Å². The molecule has 0 rings (SSSR count). The van der Waals surface area contributed by atoms with Gasteiger partial charge in [-0.15, -0.1) is 0 Å². The number of hydrogen-bond donors (Lipinski definition) is 2. The predicted octanol–water partition coefficient (Wildman–Crippen LogP) is -4.53. The molecule has 0 saturated carbocycles. The van der Waals surface area contributed by atoms with Gasteiger partial charge in [0.2, 0.25) is 0 Å². The molecule has 0 saturated heterocycles. The minimum Gasteiger partial charge on any atom is -1.00 e. The Morgan fingerprint density at radius 3 is 1.29 bits per heavy atom. The van der Waals surface area contributed by atoms with Crippen LogP contribution < -0.4 is 37.7 Å². The number of rotatable bonds is 2. The molecule has 0 aliphatic carbocycles. The zero-order chi connectivity index (χ0) is 4.12. The fourth-order valence-corrected chi connectivity index (χ4v) is 0.636. The molecule has 0 spiro atoms. The van der Waals surface area contributed by atoms with Crippen LogP contribution in [0.3, 0.4) is 0 Å². The van der Waals surface area contributed by atoms with Gasteiger partial charge in [0.1, 0.15) is 0 Å². The molecule has 0 aliphatic heterocycles. The molecule has 0 amide bonds. The maximum atomic E-state index is 3.95. The van der Waals surface area contributed by atoms with Crippen molar-refractivity contribution in [2.24, 2.45) is 0 Å². The fraction of sp³-hybridized carbons (Fsp3) is 1.00. The molecule has 0 unspecified atom stereocenters. The minimum absolute atomic E-state index is 0. The van der Waals surface area contributed by atoms with E-state index in [0.717, 1.165) is 17.9 Å². The standard InChI is InChI=1S/C3H8S2.2Li.2H/c4-2-1-3-5;;;;/h4-5H,1-3H2;;;;/q;2*+1;2*-1. The average molecular weight is 124 g/mol. The third-order valence-corrected chi connectivity index (χ3v) is 0.949. The van der Waals surface area contributed by atoms with Crippen LogP contribution in [0.15, 0.2) is 0 Å². The summed E-state index contributed by atoms with van der Waals surface area (Å²) >= 11 is 7.90. The molecule has 0 aromatic carbocycles. The maximum absolute atomic E-state index is 3.95. The topological polar surface area (TPSA) is 0 Å². The molecule has 4 heteroatoms. The van der Waals surface area contributed by atoms with Crippen LogP contribution in [0, 0.1) is 0 Å². The van der Waals surface area contributed by atoms with Gasteiger partial charge in [0.05, 0.1) is 0 Å². The Labute approximate surface area is 83.3 Å². The largest absolute Gasteiger partial charge is 1.00 e. The van der Waals surface area contributed by atoms with Gasteiger partial charge in [-0.3, -0.25) is 0 Å². The van der Waals surface area contributed by atoms with Crippen LogP contribution in [0.5, 0.6) is 0 Å². The van der Waals surface area contributed by atoms with Gasteiger partial charge in [-0.25, -0.2) is 0 Å². The summed E-state index contributed by atoms with van der Waals surface area (Å²) in [7, 11) is 0. The molecule has 0 atom stereocenters. The first kappa shape index (κ1) is 16.0. The summed E-state index contributed by atoms with van der Waals surface area (Å²) in [6.07, 6.45) is 1.12. The molecule has 36 valence electrons. The Hall–Kier alpha value is 1.89. The Bertz CT molecular complexity index is 25.3. The van der Waals surface area contributed by atoms with Crippen LogP contribution in [0.25, 0.3) is 0 Å². The maximum Gasteiger partial charge on any atom is 1.00 e. The van der Waals surface area contributed by atoms with E-state index in [1.807, 2.05) is 0 Å². The molecule has 0 aromatic heterocycles. The fourth-order valence-electron chi connectivity index (χ4n) is 0.0707. The first-order valence-corrected chi connectivity index (χ1v) is 2.90. The van der Waals surface area contributed by atoms with E-state index < -0.39 is 0 Å². The summed E-state index contributed by atoms with van der Waals surface area (Å²) in [5, 5.41) is 0. The van der Waals surface area contributed by atoms with Crippen molar-refractivity contribution in [3.63, 3.8) is 0 Å². The number of thiol groups is 2. The molecule has 7 heavy (non-hydrogen) atoms. The predicted molar refractivity (Wildman–Crippen MR) is 34.5 cm³/mol. The third kappa shape index (κ3) is 18.1. The average Bonchev–Trinajstić information content (AvgIpc) is 1.41. The van der Waals surface area contributed by atoms with E-state index in [1.165, 1.54) is 0 Å². The summed E-state index contributed by atoms with van der Waals surface area (Å²) in [4.78, 5) is 0. The van der Waals surface area contributed by atoms with E-state index in [4.69, 9.17) is 0 Å². The zero-order valence-electron chi connectivity index (χ0n) is 7.02. The van der Waals surface area contributed by atoms with Gasteiger partial charge in [0, 0.05) is 0 Å². The Kier molecular flexibility index (Phi) is 35.7. The molecule has 0 radical (unpaired) electrons. The van der Waals surface area contributed by atoms with Gasteiger partial charge in [0.25, 0.3) is 0 Å². The van der Waals surface area contributed by atoms with Crippen LogP contribution in [-0.2, 0) is 0 Å². The normalized spacial score (nSPS) is 6.00. The van der Waals surface area contributed by atoms with Crippen molar-refractivity contribution in [1.29, 1.82) is 0 Å². The second-order valence-corrected chi connectivity index (χ2v) is 1.70. The monoisotopic (exact) mass is 124 g/mol. The molecule has 0 aliphatic rings. The second-order valence-electron chi connectivity index (χ2n) is 0.801. The molecular formula is C3H10Li2S2. The molecule has 0 aromatic rings. The van der Waals surface area contributed by atoms with Gasteiger partial charge in [0.15, 0.2) is 0 Å². The molecule has 0 fully saturated rings. The summed E-state index contributed by atoms with van der Waals surface area (Å²) in [5.41, 5.74) is 0. The molecule has 0 heterocycles. The van der Waals surface area contributed by atoms with Crippen molar-refractivity contribution in [3.05, 3.63) is 0 Å². The summed E-state index contributed by atoms with van der Waals surface area (Å²) in [5.74, 6) is 1.92. The van der Waals surface area contributed by atoms with E-state index in [9.17, 15) is 0 Å². The number of hydrogen-bond acceptors (Lipinski definition) is 2. The van der Waals surface area contributed by atoms with Crippen LogP contribution >= 0.6 is 25.3 Å². The van der Waals surface area contributed by atoms with Gasteiger partial charge in [-0.2, -0.15) is 25.3 Å². The Morgan fingerprint density at radius 1 is 1.00 bits per heavy atom. The van der Waals surface area contributed by atoms with E-state index in [0.29, 0.717) is 0 Å². The van der Waals surface area contributed by atoms with Gasteiger partial charge in [-0.05, 0) is 17.9 Å². The van der Waals surface area contributed by atoms with Crippen molar-refractivity contribution in [1.82, 2.24) is 0 Å². The van der Waals surface area contributed by atoms with Crippen LogP contribution in [0.4, 0.5) is 0 Å². The van der Waals surface area contributed by atoms with Crippen molar-refractivity contribution in [2.45, 2.75) is 6.42 Å². The van der Waals surface area contributed by atoms with Crippen LogP contribution in [0.2, 0.25) is 0 Å². The Morgan fingerprint density at radius 2 is 1.29 bits per heavy atom. The first-order chi connectivity index (χ1) is 2.41.